The van der Waals surface area contributed by atoms with Gasteiger partial charge in [-0.15, -0.1) is 0 Å². The maximum atomic E-state index is 5.97. The van der Waals surface area contributed by atoms with E-state index in [0.29, 0.717) is 5.04 Å². The van der Waals surface area contributed by atoms with Crippen LogP contribution < -0.4 is 0 Å². The molecule has 0 fully saturated rings. The average Bonchev–Trinajstić information content (AvgIpc) is 2.04. The smallest absolute Gasteiger partial charge is 0.130 e. The van der Waals surface area contributed by atoms with E-state index in [1.807, 2.05) is 0 Å². The SMILES string of the molecule is CCCCCCCC(C)(C)[SiH2]Cl. The Hall–Kier alpha value is 0.507. The molecule has 0 aromatic carbocycles. The first-order valence-corrected chi connectivity index (χ1v) is 8.03. The summed E-state index contributed by atoms with van der Waals surface area (Å²) in [5, 5.41) is 0.494. The van der Waals surface area contributed by atoms with Gasteiger partial charge in [0.1, 0.15) is 8.83 Å². The maximum absolute atomic E-state index is 5.97. The first kappa shape index (κ1) is 12.5. The van der Waals surface area contributed by atoms with Crippen LogP contribution in [0.5, 0.6) is 0 Å². The number of hydrogen-bond donors (Lipinski definition) is 0. The summed E-state index contributed by atoms with van der Waals surface area (Å²) in [5.41, 5.74) is 0. The van der Waals surface area contributed by atoms with Gasteiger partial charge in [-0.2, -0.15) is 11.1 Å². The van der Waals surface area contributed by atoms with Gasteiger partial charge in [0, 0.05) is 0 Å². The highest BCUT2D eigenvalue weighted by molar-refractivity contribution is 6.95. The predicted octanol–water partition coefficient (Wildman–Crippen LogP) is 3.87. The lowest BCUT2D eigenvalue weighted by Gasteiger charge is -2.20. The van der Waals surface area contributed by atoms with E-state index in [0.717, 1.165) is 0 Å². The Morgan fingerprint density at radius 3 is 2.17 bits per heavy atom. The van der Waals surface area contributed by atoms with E-state index in [1.165, 1.54) is 38.5 Å². The van der Waals surface area contributed by atoms with Crippen LogP contribution in [0.3, 0.4) is 0 Å². The minimum atomic E-state index is -0.325. The van der Waals surface area contributed by atoms with Crippen LogP contribution in [0.15, 0.2) is 0 Å². The molecule has 0 aliphatic carbocycles. The average molecular weight is 207 g/mol. The Morgan fingerprint density at radius 1 is 1.08 bits per heavy atom. The molecule has 0 atom stereocenters. The van der Waals surface area contributed by atoms with E-state index < -0.39 is 0 Å². The Labute approximate surface area is 84.6 Å². The number of rotatable bonds is 7. The first-order valence-electron chi connectivity index (χ1n) is 5.18. The van der Waals surface area contributed by atoms with Crippen LogP contribution in [0.25, 0.3) is 0 Å². The zero-order chi connectivity index (χ0) is 9.45. The van der Waals surface area contributed by atoms with Crippen molar-refractivity contribution in [1.82, 2.24) is 0 Å². The van der Waals surface area contributed by atoms with Gasteiger partial charge in [0.2, 0.25) is 0 Å². The third-order valence-corrected chi connectivity index (χ3v) is 5.57. The molecule has 0 aliphatic rings. The van der Waals surface area contributed by atoms with Crippen molar-refractivity contribution in [1.29, 1.82) is 0 Å². The van der Waals surface area contributed by atoms with Gasteiger partial charge < -0.3 is 0 Å². The zero-order valence-electron chi connectivity index (χ0n) is 8.83. The van der Waals surface area contributed by atoms with E-state index in [9.17, 15) is 0 Å². The Kier molecular flexibility index (Phi) is 7.26. The van der Waals surface area contributed by atoms with E-state index in [4.69, 9.17) is 11.1 Å². The fourth-order valence-electron chi connectivity index (χ4n) is 1.27. The summed E-state index contributed by atoms with van der Waals surface area (Å²) in [6.07, 6.45) is 8.28. The van der Waals surface area contributed by atoms with Gasteiger partial charge in [0.25, 0.3) is 0 Å². The van der Waals surface area contributed by atoms with Gasteiger partial charge in [0.05, 0.1) is 0 Å². The van der Waals surface area contributed by atoms with Crippen LogP contribution in [0.1, 0.15) is 59.3 Å². The molecule has 2 heteroatoms. The molecule has 0 saturated carbocycles. The predicted molar refractivity (Wildman–Crippen MR) is 61.8 cm³/mol. The van der Waals surface area contributed by atoms with Gasteiger partial charge in [-0.1, -0.05) is 52.9 Å². The minimum Gasteiger partial charge on any atom is -0.176 e. The lowest BCUT2D eigenvalue weighted by Crippen LogP contribution is -2.07. The highest BCUT2D eigenvalue weighted by Gasteiger charge is 2.15. The Bertz CT molecular complexity index is 102. The molecular formula is C10H23ClSi. The van der Waals surface area contributed by atoms with E-state index >= 15 is 0 Å². The topological polar surface area (TPSA) is 0 Å². The fourth-order valence-corrected chi connectivity index (χ4v) is 2.06. The molecule has 12 heavy (non-hydrogen) atoms. The fraction of sp³-hybridized carbons (Fsp3) is 1.00. The second kappa shape index (κ2) is 6.96. The lowest BCUT2D eigenvalue weighted by atomic mass is 10.0. The van der Waals surface area contributed by atoms with Crippen molar-refractivity contribution in [3.8, 4) is 0 Å². The molecular weight excluding hydrogens is 184 g/mol. The van der Waals surface area contributed by atoms with Crippen LogP contribution in [0.4, 0.5) is 0 Å². The van der Waals surface area contributed by atoms with Crippen molar-refractivity contribution in [3.05, 3.63) is 0 Å². The molecule has 0 aromatic heterocycles. The van der Waals surface area contributed by atoms with E-state index in [1.54, 1.807) is 0 Å². The highest BCUT2D eigenvalue weighted by atomic mass is 35.6. The van der Waals surface area contributed by atoms with Gasteiger partial charge in [0.15, 0.2) is 0 Å². The zero-order valence-corrected chi connectivity index (χ0v) is 11.0. The molecule has 0 bridgehead atoms. The molecule has 0 N–H and O–H groups in total. The van der Waals surface area contributed by atoms with E-state index in [2.05, 4.69) is 20.8 Å². The number of halogens is 1. The summed E-state index contributed by atoms with van der Waals surface area (Å²) in [7, 11) is -0.325. The molecule has 0 radical (unpaired) electrons. The molecule has 0 nitrogen and oxygen atoms in total. The summed E-state index contributed by atoms with van der Waals surface area (Å²) in [6, 6.07) is 0. The summed E-state index contributed by atoms with van der Waals surface area (Å²) < 4.78 is 0. The molecule has 0 aromatic rings. The number of unbranched alkanes of at least 4 members (excludes halogenated alkanes) is 4. The summed E-state index contributed by atoms with van der Waals surface area (Å²) in [6.45, 7) is 6.88. The molecule has 0 saturated heterocycles. The number of hydrogen-bond acceptors (Lipinski definition) is 0. The third kappa shape index (κ3) is 7.17. The molecule has 0 spiro atoms. The molecule has 0 heterocycles. The van der Waals surface area contributed by atoms with Crippen LogP contribution in [0.2, 0.25) is 5.04 Å². The molecule has 0 amide bonds. The van der Waals surface area contributed by atoms with Gasteiger partial charge in [-0.05, 0) is 11.5 Å². The molecule has 74 valence electrons. The van der Waals surface area contributed by atoms with Crippen LogP contribution in [-0.2, 0) is 0 Å². The van der Waals surface area contributed by atoms with Crippen LogP contribution in [-0.4, -0.2) is 8.83 Å². The monoisotopic (exact) mass is 206 g/mol. The van der Waals surface area contributed by atoms with Crippen molar-refractivity contribution in [3.63, 3.8) is 0 Å². The molecule has 0 rings (SSSR count). The normalized spacial score (nSPS) is 13.0. The lowest BCUT2D eigenvalue weighted by molar-refractivity contribution is 0.533. The molecule has 0 aliphatic heterocycles. The summed E-state index contributed by atoms with van der Waals surface area (Å²) in [4.78, 5) is 0. The minimum absolute atomic E-state index is 0.325. The second-order valence-electron chi connectivity index (χ2n) is 4.46. The second-order valence-corrected chi connectivity index (χ2v) is 7.45. The van der Waals surface area contributed by atoms with Crippen molar-refractivity contribution in [2.24, 2.45) is 0 Å². The molecule has 0 unspecified atom stereocenters. The van der Waals surface area contributed by atoms with Gasteiger partial charge in [-0.3, -0.25) is 0 Å². The van der Waals surface area contributed by atoms with Gasteiger partial charge >= 0.3 is 0 Å². The van der Waals surface area contributed by atoms with Crippen LogP contribution >= 0.6 is 11.1 Å². The Balaban J connectivity index is 3.19. The highest BCUT2D eigenvalue weighted by Crippen LogP contribution is 2.31. The first-order chi connectivity index (χ1) is 5.62. The van der Waals surface area contributed by atoms with Crippen molar-refractivity contribution in [2.45, 2.75) is 64.3 Å². The van der Waals surface area contributed by atoms with Crippen molar-refractivity contribution >= 4 is 19.9 Å². The third-order valence-electron chi connectivity index (χ3n) is 2.32. The van der Waals surface area contributed by atoms with Crippen molar-refractivity contribution < 1.29 is 0 Å². The van der Waals surface area contributed by atoms with Crippen molar-refractivity contribution in [2.75, 3.05) is 0 Å². The summed E-state index contributed by atoms with van der Waals surface area (Å²) >= 11 is 5.97. The Morgan fingerprint density at radius 2 is 1.67 bits per heavy atom. The van der Waals surface area contributed by atoms with E-state index in [-0.39, 0.29) is 8.83 Å². The van der Waals surface area contributed by atoms with Crippen LogP contribution in [0, 0.1) is 0 Å². The van der Waals surface area contributed by atoms with Gasteiger partial charge in [-0.25, -0.2) is 0 Å². The quantitative estimate of drug-likeness (QED) is 0.337. The largest absolute Gasteiger partial charge is 0.176 e. The summed E-state index contributed by atoms with van der Waals surface area (Å²) in [5.74, 6) is 0. The maximum Gasteiger partial charge on any atom is 0.130 e. The standard InChI is InChI=1S/C10H23ClSi/c1-4-5-6-7-8-9-10(2,3)12-11/h4-9,12H2,1-3H3.